The number of fused-ring (bicyclic) bond motifs is 1. The molecule has 1 heterocycles. The second-order valence-electron chi connectivity index (χ2n) is 8.21. The summed E-state index contributed by atoms with van der Waals surface area (Å²) < 4.78 is 28.9. The topological polar surface area (TPSA) is 66.5 Å². The Balaban J connectivity index is 1.40. The highest BCUT2D eigenvalue weighted by Crippen LogP contribution is 2.34. The van der Waals surface area contributed by atoms with Crippen LogP contribution >= 0.6 is 15.9 Å². The maximum absolute atomic E-state index is 12.9. The van der Waals surface area contributed by atoms with Gasteiger partial charge in [-0.15, -0.1) is 0 Å². The van der Waals surface area contributed by atoms with E-state index in [-0.39, 0.29) is 16.8 Å². The van der Waals surface area contributed by atoms with Crippen LogP contribution in [0.25, 0.3) is 0 Å². The Hall–Kier alpha value is -2.64. The maximum Gasteiger partial charge on any atom is 0.261 e. The second-order valence-corrected chi connectivity index (χ2v) is 10.8. The number of sulfonamides is 1. The smallest absolute Gasteiger partial charge is 0.261 e. The molecule has 5 nitrogen and oxygen atoms in total. The molecule has 0 fully saturated rings. The van der Waals surface area contributed by atoms with E-state index < -0.39 is 10.0 Å². The largest absolute Gasteiger partial charge is 0.309 e. The molecular formula is C25H25BrN2O3S. The number of hydrogen-bond acceptors (Lipinski definition) is 3. The lowest BCUT2D eigenvalue weighted by Gasteiger charge is -2.23. The van der Waals surface area contributed by atoms with Gasteiger partial charge in [0.1, 0.15) is 0 Å². The third kappa shape index (κ3) is 4.89. The van der Waals surface area contributed by atoms with Crippen molar-refractivity contribution in [3.05, 3.63) is 87.9 Å². The minimum absolute atomic E-state index is 0.0799. The number of rotatable bonds is 6. The summed E-state index contributed by atoms with van der Waals surface area (Å²) in [5, 5.41) is 0. The summed E-state index contributed by atoms with van der Waals surface area (Å²) in [4.78, 5) is 15.0. The fourth-order valence-electron chi connectivity index (χ4n) is 4.02. The molecule has 166 valence electrons. The number of carbonyl (C=O) groups excluding carboxylic acids is 1. The van der Waals surface area contributed by atoms with Crippen LogP contribution in [0.15, 0.2) is 76.1 Å². The van der Waals surface area contributed by atoms with Crippen molar-refractivity contribution < 1.29 is 13.2 Å². The van der Waals surface area contributed by atoms with E-state index in [0.29, 0.717) is 18.5 Å². The number of benzene rings is 3. The zero-order chi connectivity index (χ0) is 22.9. The molecule has 32 heavy (non-hydrogen) atoms. The van der Waals surface area contributed by atoms with E-state index in [2.05, 4.69) is 33.6 Å². The van der Waals surface area contributed by atoms with Gasteiger partial charge >= 0.3 is 0 Å². The van der Waals surface area contributed by atoms with Gasteiger partial charge < -0.3 is 4.90 Å². The number of nitrogens with zero attached hydrogens (tertiary/aromatic N) is 1. The predicted octanol–water partition coefficient (Wildman–Crippen LogP) is 5.47. The van der Waals surface area contributed by atoms with Gasteiger partial charge in [0.2, 0.25) is 5.91 Å². The van der Waals surface area contributed by atoms with E-state index in [4.69, 9.17) is 0 Å². The number of hydrogen-bond donors (Lipinski definition) is 1. The average molecular weight is 513 g/mol. The minimum atomic E-state index is -3.66. The molecule has 0 radical (unpaired) electrons. The second kappa shape index (κ2) is 9.08. The Morgan fingerprint density at radius 1 is 1.06 bits per heavy atom. The summed E-state index contributed by atoms with van der Waals surface area (Å²) in [5.74, 6) is 0.0799. The van der Waals surface area contributed by atoms with Crippen molar-refractivity contribution in [2.75, 3.05) is 9.62 Å². The molecule has 0 bridgehead atoms. The molecule has 3 aromatic rings. The van der Waals surface area contributed by atoms with Crippen molar-refractivity contribution >= 4 is 43.2 Å². The van der Waals surface area contributed by atoms with Crippen LogP contribution in [0.4, 0.5) is 11.4 Å². The standard InChI is InChI=1S/C25H25BrN2O3S/c1-17-3-9-22(10-4-17)27-32(30,31)23-11-5-19(6-12-23)7-14-25(29)28-18(2)15-20-16-21(26)8-13-24(20)28/h3-6,8-13,16,18,27H,7,14-15H2,1-2H3. The maximum atomic E-state index is 12.9. The highest BCUT2D eigenvalue weighted by atomic mass is 79.9. The van der Waals surface area contributed by atoms with E-state index in [1.54, 1.807) is 36.4 Å². The van der Waals surface area contributed by atoms with Crippen molar-refractivity contribution in [3.63, 3.8) is 0 Å². The molecule has 0 saturated heterocycles. The highest BCUT2D eigenvalue weighted by molar-refractivity contribution is 9.10. The van der Waals surface area contributed by atoms with Gasteiger partial charge in [-0.2, -0.15) is 0 Å². The number of nitrogens with one attached hydrogen (secondary N) is 1. The highest BCUT2D eigenvalue weighted by Gasteiger charge is 2.30. The summed E-state index contributed by atoms with van der Waals surface area (Å²) in [6.45, 7) is 4.01. The van der Waals surface area contributed by atoms with Gasteiger partial charge in [-0.05, 0) is 80.3 Å². The summed E-state index contributed by atoms with van der Waals surface area (Å²) >= 11 is 3.49. The summed E-state index contributed by atoms with van der Waals surface area (Å²) in [6, 6.07) is 20.1. The van der Waals surface area contributed by atoms with Crippen molar-refractivity contribution in [1.29, 1.82) is 0 Å². The molecule has 4 rings (SSSR count). The molecule has 0 aliphatic carbocycles. The van der Waals surface area contributed by atoms with E-state index >= 15 is 0 Å². The first-order chi connectivity index (χ1) is 15.2. The SMILES string of the molecule is Cc1ccc(NS(=O)(=O)c2ccc(CCC(=O)N3c4ccc(Br)cc4CC3C)cc2)cc1. The molecule has 3 aromatic carbocycles. The van der Waals surface area contributed by atoms with Gasteiger partial charge in [0, 0.05) is 28.3 Å². The van der Waals surface area contributed by atoms with Gasteiger partial charge in [-0.25, -0.2) is 8.42 Å². The Morgan fingerprint density at radius 2 is 1.75 bits per heavy atom. The van der Waals surface area contributed by atoms with Gasteiger partial charge in [0.15, 0.2) is 0 Å². The fraction of sp³-hybridized carbons (Fsp3) is 0.240. The molecular weight excluding hydrogens is 488 g/mol. The zero-order valence-electron chi connectivity index (χ0n) is 18.0. The molecule has 1 unspecified atom stereocenters. The van der Waals surface area contributed by atoms with E-state index in [1.165, 1.54) is 5.56 Å². The van der Waals surface area contributed by atoms with Crippen molar-refractivity contribution in [3.8, 4) is 0 Å². The fourth-order valence-corrected chi connectivity index (χ4v) is 5.49. The first-order valence-electron chi connectivity index (χ1n) is 10.5. The Morgan fingerprint density at radius 3 is 2.44 bits per heavy atom. The molecule has 0 spiro atoms. The minimum Gasteiger partial charge on any atom is -0.309 e. The Bertz CT molecular complexity index is 1240. The quantitative estimate of drug-likeness (QED) is 0.476. The molecule has 1 atom stereocenters. The first-order valence-corrected chi connectivity index (χ1v) is 12.8. The van der Waals surface area contributed by atoms with Gasteiger partial charge in [0.25, 0.3) is 10.0 Å². The Kier molecular flexibility index (Phi) is 6.40. The third-order valence-electron chi connectivity index (χ3n) is 5.69. The Labute approximate surface area is 197 Å². The van der Waals surface area contributed by atoms with E-state index in [1.807, 2.05) is 36.1 Å². The average Bonchev–Trinajstić information content (AvgIpc) is 3.08. The number of halogens is 1. The number of aryl methyl sites for hydroxylation is 2. The van der Waals surface area contributed by atoms with Crippen molar-refractivity contribution in [1.82, 2.24) is 0 Å². The van der Waals surface area contributed by atoms with Gasteiger partial charge in [-0.1, -0.05) is 45.8 Å². The van der Waals surface area contributed by atoms with Crippen LogP contribution in [0.1, 0.15) is 30.0 Å². The zero-order valence-corrected chi connectivity index (χ0v) is 20.4. The number of carbonyl (C=O) groups is 1. The molecule has 1 aliphatic heterocycles. The molecule has 1 amide bonds. The van der Waals surface area contributed by atoms with Crippen molar-refractivity contribution in [2.45, 2.75) is 44.0 Å². The van der Waals surface area contributed by atoms with Crippen LogP contribution in [0, 0.1) is 6.92 Å². The third-order valence-corrected chi connectivity index (χ3v) is 7.58. The first kappa shape index (κ1) is 22.6. The summed E-state index contributed by atoms with van der Waals surface area (Å²) in [7, 11) is -3.66. The van der Waals surface area contributed by atoms with Crippen LogP contribution in [0.3, 0.4) is 0 Å². The van der Waals surface area contributed by atoms with E-state index in [9.17, 15) is 13.2 Å². The van der Waals surface area contributed by atoms with E-state index in [0.717, 1.165) is 27.7 Å². The van der Waals surface area contributed by atoms with Gasteiger partial charge in [0.05, 0.1) is 4.90 Å². The molecule has 0 aromatic heterocycles. The van der Waals surface area contributed by atoms with Gasteiger partial charge in [-0.3, -0.25) is 9.52 Å². The summed E-state index contributed by atoms with van der Waals surface area (Å²) in [5.41, 5.74) is 4.67. The number of anilines is 2. The summed E-state index contributed by atoms with van der Waals surface area (Å²) in [6.07, 6.45) is 1.77. The molecule has 7 heteroatoms. The lowest BCUT2D eigenvalue weighted by molar-refractivity contribution is -0.118. The van der Waals surface area contributed by atoms with Crippen LogP contribution in [0.2, 0.25) is 0 Å². The monoisotopic (exact) mass is 512 g/mol. The van der Waals surface area contributed by atoms with Crippen LogP contribution in [-0.4, -0.2) is 20.4 Å². The van der Waals surface area contributed by atoms with Crippen molar-refractivity contribution in [2.24, 2.45) is 0 Å². The normalized spacial score (nSPS) is 15.5. The molecule has 1 aliphatic rings. The molecule has 0 saturated carbocycles. The molecule has 1 N–H and O–H groups in total. The van der Waals surface area contributed by atoms with Crippen LogP contribution < -0.4 is 9.62 Å². The van der Waals surface area contributed by atoms with Crippen LogP contribution in [-0.2, 0) is 27.7 Å². The lowest BCUT2D eigenvalue weighted by Crippen LogP contribution is -2.35. The van der Waals surface area contributed by atoms with Crippen LogP contribution in [0.5, 0.6) is 0 Å². The predicted molar refractivity (Wildman–Crippen MR) is 132 cm³/mol. The lowest BCUT2D eigenvalue weighted by atomic mass is 10.1. The number of amides is 1.